The summed E-state index contributed by atoms with van der Waals surface area (Å²) in [6.45, 7) is 9.12. The van der Waals surface area contributed by atoms with Crippen LogP contribution in [-0.2, 0) is 14.3 Å². The van der Waals surface area contributed by atoms with Gasteiger partial charge in [-0.25, -0.2) is 0 Å². The van der Waals surface area contributed by atoms with Crippen LogP contribution in [0.1, 0.15) is 220 Å². The lowest BCUT2D eigenvalue weighted by atomic mass is 9.98. The first kappa shape index (κ1) is 49.5. The Kier molecular flexibility index (Phi) is 35.0. The molecule has 308 valence electrons. The monoisotopic (exact) mass is 740 g/mol. The predicted molar refractivity (Wildman–Crippen MR) is 233 cm³/mol. The van der Waals surface area contributed by atoms with Crippen molar-refractivity contribution in [1.82, 2.24) is 4.90 Å². The van der Waals surface area contributed by atoms with Crippen LogP contribution in [0, 0.1) is 0 Å². The molecule has 0 amide bonds. The van der Waals surface area contributed by atoms with Gasteiger partial charge in [-0.2, -0.15) is 0 Å². The number of carbonyl (C=O) groups is 1. The molecule has 1 aliphatic rings. The third-order valence-electron chi connectivity index (χ3n) is 10.8. The molecule has 0 saturated carbocycles. The number of rotatable bonds is 39. The molecule has 1 atom stereocenters. The molecule has 0 aliphatic carbocycles. The SMILES string of the molecule is CCCCCC=CCC=CCCCCCCCCC1(CCCCCCCCC=CCC=CCCCCC)OCC(CCN(C)CCCCCC(C)=O)O1. The zero-order chi connectivity index (χ0) is 38.3. The maximum absolute atomic E-state index is 11.2. The molecule has 1 unspecified atom stereocenters. The molecule has 0 bridgehead atoms. The molecule has 0 aromatic rings. The fourth-order valence-corrected chi connectivity index (χ4v) is 7.32. The number of Topliss-reactive ketones (excluding diaryl/α,β-unsaturated/α-hetero) is 1. The number of hydrogen-bond donors (Lipinski definition) is 0. The number of ether oxygens (including phenoxy) is 2. The number of carbonyl (C=O) groups excluding carboxylic acids is 1. The van der Waals surface area contributed by atoms with E-state index in [9.17, 15) is 4.79 Å². The number of allylic oxidation sites excluding steroid dienone is 8. The summed E-state index contributed by atoms with van der Waals surface area (Å²) < 4.78 is 13.4. The molecule has 0 aromatic heterocycles. The lowest BCUT2D eigenvalue weighted by Gasteiger charge is -2.29. The summed E-state index contributed by atoms with van der Waals surface area (Å²) in [5.41, 5.74) is 0. The van der Waals surface area contributed by atoms with Crippen LogP contribution in [0.5, 0.6) is 0 Å². The van der Waals surface area contributed by atoms with E-state index in [0.717, 1.165) is 77.5 Å². The van der Waals surface area contributed by atoms with Crippen LogP contribution in [0.15, 0.2) is 48.6 Å². The van der Waals surface area contributed by atoms with E-state index in [1.807, 2.05) is 0 Å². The third-order valence-corrected chi connectivity index (χ3v) is 10.8. The Hall–Kier alpha value is -1.49. The van der Waals surface area contributed by atoms with Gasteiger partial charge in [0, 0.05) is 25.8 Å². The van der Waals surface area contributed by atoms with Gasteiger partial charge >= 0.3 is 0 Å². The Morgan fingerprint density at radius 2 is 1.00 bits per heavy atom. The highest BCUT2D eigenvalue weighted by atomic mass is 16.7. The van der Waals surface area contributed by atoms with E-state index in [1.165, 1.54) is 141 Å². The predicted octanol–water partition coefficient (Wildman–Crippen LogP) is 15.0. The summed E-state index contributed by atoms with van der Waals surface area (Å²) in [5.74, 6) is -0.0495. The molecule has 4 heteroatoms. The van der Waals surface area contributed by atoms with Gasteiger partial charge in [0.1, 0.15) is 5.78 Å². The van der Waals surface area contributed by atoms with E-state index in [0.29, 0.717) is 5.78 Å². The minimum absolute atomic E-state index is 0.212. The van der Waals surface area contributed by atoms with Crippen LogP contribution in [0.25, 0.3) is 0 Å². The molecule has 1 fully saturated rings. The van der Waals surface area contributed by atoms with Gasteiger partial charge in [-0.15, -0.1) is 0 Å². The third kappa shape index (κ3) is 32.5. The van der Waals surface area contributed by atoms with E-state index in [-0.39, 0.29) is 11.9 Å². The molecule has 1 heterocycles. The summed E-state index contributed by atoms with van der Waals surface area (Å²) >= 11 is 0. The number of ketones is 1. The van der Waals surface area contributed by atoms with Gasteiger partial charge in [0.2, 0.25) is 0 Å². The smallest absolute Gasteiger partial charge is 0.168 e. The average Bonchev–Trinajstić information content (AvgIpc) is 3.56. The second-order valence-corrected chi connectivity index (χ2v) is 16.2. The summed E-state index contributed by atoms with van der Waals surface area (Å²) in [6.07, 6.45) is 56.9. The van der Waals surface area contributed by atoms with Crippen molar-refractivity contribution in [2.45, 2.75) is 232 Å². The zero-order valence-corrected chi connectivity index (χ0v) is 35.9. The van der Waals surface area contributed by atoms with Crippen molar-refractivity contribution in [2.24, 2.45) is 0 Å². The lowest BCUT2D eigenvalue weighted by molar-refractivity contribution is -0.180. The van der Waals surface area contributed by atoms with Crippen LogP contribution in [0.4, 0.5) is 0 Å². The molecule has 0 radical (unpaired) electrons. The first-order chi connectivity index (χ1) is 26.0. The highest BCUT2D eigenvalue weighted by molar-refractivity contribution is 5.75. The van der Waals surface area contributed by atoms with E-state index < -0.39 is 0 Å². The van der Waals surface area contributed by atoms with E-state index in [1.54, 1.807) is 6.92 Å². The molecule has 1 aliphatic heterocycles. The van der Waals surface area contributed by atoms with Crippen LogP contribution in [0.2, 0.25) is 0 Å². The van der Waals surface area contributed by atoms with Gasteiger partial charge in [-0.05, 0) is 117 Å². The molecule has 0 spiro atoms. The molecule has 1 saturated heterocycles. The normalized spacial score (nSPS) is 18.0. The summed E-state index contributed by atoms with van der Waals surface area (Å²) in [7, 11) is 2.22. The van der Waals surface area contributed by atoms with Crippen molar-refractivity contribution in [3.05, 3.63) is 48.6 Å². The van der Waals surface area contributed by atoms with Gasteiger partial charge in [0.15, 0.2) is 5.79 Å². The van der Waals surface area contributed by atoms with Crippen molar-refractivity contribution in [3.63, 3.8) is 0 Å². The van der Waals surface area contributed by atoms with Gasteiger partial charge in [0.05, 0.1) is 12.7 Å². The topological polar surface area (TPSA) is 38.8 Å². The van der Waals surface area contributed by atoms with Gasteiger partial charge in [0.25, 0.3) is 0 Å². The quantitative estimate of drug-likeness (QED) is 0.0465. The molecular formula is C49H89NO3. The van der Waals surface area contributed by atoms with Crippen LogP contribution < -0.4 is 0 Å². The zero-order valence-electron chi connectivity index (χ0n) is 35.9. The Balaban J connectivity index is 2.31. The Morgan fingerprint density at radius 3 is 1.47 bits per heavy atom. The van der Waals surface area contributed by atoms with Crippen molar-refractivity contribution < 1.29 is 14.3 Å². The highest BCUT2D eigenvalue weighted by Gasteiger charge is 2.40. The van der Waals surface area contributed by atoms with Crippen molar-refractivity contribution >= 4 is 5.78 Å². The maximum Gasteiger partial charge on any atom is 0.168 e. The molecule has 0 N–H and O–H groups in total. The minimum atomic E-state index is -0.361. The van der Waals surface area contributed by atoms with Crippen molar-refractivity contribution in [1.29, 1.82) is 0 Å². The second-order valence-electron chi connectivity index (χ2n) is 16.2. The summed E-state index contributed by atoms with van der Waals surface area (Å²) in [4.78, 5) is 13.6. The molecule has 53 heavy (non-hydrogen) atoms. The van der Waals surface area contributed by atoms with E-state index in [2.05, 4.69) is 74.4 Å². The summed E-state index contributed by atoms with van der Waals surface area (Å²) in [6, 6.07) is 0. The highest BCUT2D eigenvalue weighted by Crippen LogP contribution is 2.35. The van der Waals surface area contributed by atoms with Crippen molar-refractivity contribution in [2.75, 3.05) is 26.7 Å². The fraction of sp³-hybridized carbons (Fsp3) is 0.816. The Morgan fingerprint density at radius 1 is 0.566 bits per heavy atom. The lowest BCUT2D eigenvalue weighted by Crippen LogP contribution is -2.32. The molecule has 0 aromatic carbocycles. The minimum Gasteiger partial charge on any atom is -0.347 e. The first-order valence-electron chi connectivity index (χ1n) is 23.1. The largest absolute Gasteiger partial charge is 0.347 e. The van der Waals surface area contributed by atoms with E-state index >= 15 is 0 Å². The van der Waals surface area contributed by atoms with Crippen LogP contribution in [0.3, 0.4) is 0 Å². The number of unbranched alkanes of at least 4 members (excludes halogenated alkanes) is 20. The average molecular weight is 740 g/mol. The molecule has 4 nitrogen and oxygen atoms in total. The van der Waals surface area contributed by atoms with Crippen LogP contribution >= 0.6 is 0 Å². The fourth-order valence-electron chi connectivity index (χ4n) is 7.32. The number of nitrogens with zero attached hydrogens (tertiary/aromatic N) is 1. The number of hydrogen-bond acceptors (Lipinski definition) is 4. The van der Waals surface area contributed by atoms with Gasteiger partial charge < -0.3 is 19.2 Å². The Bertz CT molecular complexity index is 873. The van der Waals surface area contributed by atoms with Gasteiger partial charge in [-0.3, -0.25) is 0 Å². The van der Waals surface area contributed by atoms with Crippen LogP contribution in [-0.4, -0.2) is 49.3 Å². The first-order valence-corrected chi connectivity index (χ1v) is 23.1. The van der Waals surface area contributed by atoms with E-state index in [4.69, 9.17) is 9.47 Å². The second kappa shape index (κ2) is 37.4. The summed E-state index contributed by atoms with van der Waals surface area (Å²) in [5, 5.41) is 0. The standard InChI is InChI=1S/C49H89NO3/c1-5-7-9-11-13-15-17-19-21-23-25-27-29-31-33-37-42-49(52-46-48(53-49)41-45-50(4)44-39-35-36-40-47(3)51)43-38-34-32-30-28-26-24-22-20-18-16-14-12-10-8-6-2/h13-16,19-22,48H,5-12,17-18,23-46H2,1-4H3. The Labute approximate surface area is 331 Å². The molecule has 1 rings (SSSR count). The molecular weight excluding hydrogens is 651 g/mol. The maximum atomic E-state index is 11.2. The van der Waals surface area contributed by atoms with Crippen molar-refractivity contribution in [3.8, 4) is 0 Å². The van der Waals surface area contributed by atoms with Gasteiger partial charge in [-0.1, -0.05) is 146 Å².